The molecule has 14 heavy (non-hydrogen) atoms. The molecule has 0 unspecified atom stereocenters. The molecule has 0 radical (unpaired) electrons. The van der Waals surface area contributed by atoms with E-state index in [0.717, 1.165) is 23.7 Å². The van der Waals surface area contributed by atoms with Crippen molar-refractivity contribution in [3.63, 3.8) is 0 Å². The Bertz CT molecular complexity index is 434. The number of nitrogens with one attached hydrogen (secondary N) is 1. The van der Waals surface area contributed by atoms with Crippen LogP contribution in [-0.4, -0.2) is 27.6 Å². The number of pyridine rings is 1. The summed E-state index contributed by atoms with van der Waals surface area (Å²) in [6.07, 6.45) is 1.74. The number of hydrogen-bond acceptors (Lipinski definition) is 4. The lowest BCUT2D eigenvalue weighted by Crippen LogP contribution is -2.15. The number of nitrogens with two attached hydrogens (primary N) is 1. The summed E-state index contributed by atoms with van der Waals surface area (Å²) in [6.45, 7) is 1.31. The van der Waals surface area contributed by atoms with Crippen molar-refractivity contribution >= 4 is 17.1 Å². The van der Waals surface area contributed by atoms with Crippen LogP contribution in [0.3, 0.4) is 0 Å². The summed E-state index contributed by atoms with van der Waals surface area (Å²) < 4.78 is 1.97. The minimum absolute atomic E-state index is 0.594. The van der Waals surface area contributed by atoms with Crippen molar-refractivity contribution in [3.05, 3.63) is 18.3 Å². The predicted octanol–water partition coefficient (Wildman–Crippen LogP) is 0.339. The van der Waals surface area contributed by atoms with Gasteiger partial charge in [0.15, 0.2) is 5.65 Å². The molecule has 0 aliphatic carbocycles. The van der Waals surface area contributed by atoms with Gasteiger partial charge in [-0.25, -0.2) is 4.98 Å². The molecule has 5 heteroatoms. The zero-order valence-electron chi connectivity index (χ0n) is 8.07. The van der Waals surface area contributed by atoms with Gasteiger partial charge >= 0.3 is 0 Å². The van der Waals surface area contributed by atoms with E-state index in [-0.39, 0.29) is 0 Å². The van der Waals surface area contributed by atoms with E-state index >= 15 is 0 Å². The molecule has 5 nitrogen and oxygen atoms in total. The Labute approximate surface area is 82.0 Å². The van der Waals surface area contributed by atoms with Crippen molar-refractivity contribution in [2.75, 3.05) is 18.4 Å². The molecule has 2 heterocycles. The molecule has 0 saturated heterocycles. The van der Waals surface area contributed by atoms with Gasteiger partial charge in [0.05, 0.1) is 5.52 Å². The van der Waals surface area contributed by atoms with Crippen LogP contribution < -0.4 is 11.1 Å². The third-order valence-electron chi connectivity index (χ3n) is 2.08. The lowest BCUT2D eigenvalue weighted by molar-refractivity contribution is 0.915. The molecule has 0 bridgehead atoms. The highest BCUT2D eigenvalue weighted by molar-refractivity contribution is 5.74. The van der Waals surface area contributed by atoms with Crippen LogP contribution in [0.4, 0.5) is 5.95 Å². The first-order chi connectivity index (χ1) is 6.83. The summed E-state index contributed by atoms with van der Waals surface area (Å²) in [7, 11) is 1.95. The van der Waals surface area contributed by atoms with Crippen LogP contribution >= 0.6 is 0 Å². The molecule has 2 rings (SSSR count). The Morgan fingerprint density at radius 2 is 2.43 bits per heavy atom. The van der Waals surface area contributed by atoms with Crippen LogP contribution in [0.15, 0.2) is 18.3 Å². The van der Waals surface area contributed by atoms with Crippen molar-refractivity contribution in [2.24, 2.45) is 12.8 Å². The fourth-order valence-corrected chi connectivity index (χ4v) is 1.37. The number of rotatable bonds is 3. The normalized spacial score (nSPS) is 10.7. The summed E-state index contributed by atoms with van der Waals surface area (Å²) >= 11 is 0. The Morgan fingerprint density at radius 3 is 3.14 bits per heavy atom. The summed E-state index contributed by atoms with van der Waals surface area (Å²) in [4.78, 5) is 8.50. The van der Waals surface area contributed by atoms with Crippen LogP contribution in [0.25, 0.3) is 11.2 Å². The molecular formula is C9H13N5. The van der Waals surface area contributed by atoms with E-state index in [1.165, 1.54) is 0 Å². The van der Waals surface area contributed by atoms with Crippen molar-refractivity contribution in [2.45, 2.75) is 0 Å². The van der Waals surface area contributed by atoms with Crippen molar-refractivity contribution in [3.8, 4) is 0 Å². The summed E-state index contributed by atoms with van der Waals surface area (Å²) in [5, 5.41) is 3.14. The zero-order chi connectivity index (χ0) is 9.97. The topological polar surface area (TPSA) is 68.8 Å². The first-order valence-electron chi connectivity index (χ1n) is 4.54. The second-order valence-electron chi connectivity index (χ2n) is 3.06. The van der Waals surface area contributed by atoms with Crippen LogP contribution in [-0.2, 0) is 7.05 Å². The fourth-order valence-electron chi connectivity index (χ4n) is 1.37. The summed E-state index contributed by atoms with van der Waals surface area (Å²) in [5.41, 5.74) is 7.18. The van der Waals surface area contributed by atoms with E-state index in [1.807, 2.05) is 23.7 Å². The Balaban J connectivity index is 2.41. The van der Waals surface area contributed by atoms with Crippen LogP contribution in [0, 0.1) is 0 Å². The van der Waals surface area contributed by atoms with E-state index in [2.05, 4.69) is 15.3 Å². The van der Waals surface area contributed by atoms with Gasteiger partial charge in [0, 0.05) is 26.3 Å². The molecule has 2 aromatic heterocycles. The van der Waals surface area contributed by atoms with Gasteiger partial charge in [0.2, 0.25) is 5.95 Å². The van der Waals surface area contributed by atoms with Gasteiger partial charge in [-0.3, -0.25) is 0 Å². The van der Waals surface area contributed by atoms with Crippen molar-refractivity contribution in [1.82, 2.24) is 14.5 Å². The molecule has 0 aliphatic rings. The summed E-state index contributed by atoms with van der Waals surface area (Å²) in [5.74, 6) is 0.809. The zero-order valence-corrected chi connectivity index (χ0v) is 8.07. The number of aryl methyl sites for hydroxylation is 1. The highest BCUT2D eigenvalue weighted by Gasteiger charge is 2.05. The summed E-state index contributed by atoms with van der Waals surface area (Å²) in [6, 6.07) is 3.89. The fraction of sp³-hybridized carbons (Fsp3) is 0.333. The second kappa shape index (κ2) is 3.63. The lowest BCUT2D eigenvalue weighted by atomic mass is 10.4. The molecule has 2 aromatic rings. The third kappa shape index (κ3) is 1.42. The first-order valence-corrected chi connectivity index (χ1v) is 4.54. The van der Waals surface area contributed by atoms with Crippen molar-refractivity contribution in [1.29, 1.82) is 0 Å². The lowest BCUT2D eigenvalue weighted by Gasteiger charge is -2.03. The Kier molecular flexibility index (Phi) is 2.32. The molecule has 0 amide bonds. The second-order valence-corrected chi connectivity index (χ2v) is 3.06. The van der Waals surface area contributed by atoms with Crippen LogP contribution in [0.1, 0.15) is 0 Å². The molecule has 0 fully saturated rings. The minimum Gasteiger partial charge on any atom is -0.354 e. The van der Waals surface area contributed by atoms with Gasteiger partial charge in [-0.05, 0) is 12.1 Å². The van der Waals surface area contributed by atoms with Gasteiger partial charge in [-0.1, -0.05) is 0 Å². The number of aromatic nitrogens is 3. The first kappa shape index (κ1) is 8.96. The molecule has 0 aromatic carbocycles. The molecule has 0 atom stereocenters. The van der Waals surface area contributed by atoms with Crippen LogP contribution in [0.5, 0.6) is 0 Å². The molecule has 3 N–H and O–H groups in total. The number of imidazole rings is 1. The number of nitrogens with zero attached hydrogens (tertiary/aromatic N) is 3. The molecule has 0 aliphatic heterocycles. The maximum absolute atomic E-state index is 5.41. The maximum Gasteiger partial charge on any atom is 0.205 e. The van der Waals surface area contributed by atoms with E-state index in [4.69, 9.17) is 5.73 Å². The highest BCUT2D eigenvalue weighted by atomic mass is 15.2. The average Bonchev–Trinajstić information content (AvgIpc) is 2.54. The van der Waals surface area contributed by atoms with E-state index < -0.39 is 0 Å². The largest absolute Gasteiger partial charge is 0.354 e. The predicted molar refractivity (Wildman–Crippen MR) is 56.1 cm³/mol. The third-order valence-corrected chi connectivity index (χ3v) is 2.08. The van der Waals surface area contributed by atoms with Gasteiger partial charge in [-0.15, -0.1) is 0 Å². The minimum atomic E-state index is 0.594. The van der Waals surface area contributed by atoms with E-state index in [9.17, 15) is 0 Å². The van der Waals surface area contributed by atoms with Gasteiger partial charge < -0.3 is 15.6 Å². The monoisotopic (exact) mass is 191 g/mol. The van der Waals surface area contributed by atoms with E-state index in [1.54, 1.807) is 6.20 Å². The average molecular weight is 191 g/mol. The van der Waals surface area contributed by atoms with Crippen molar-refractivity contribution < 1.29 is 0 Å². The van der Waals surface area contributed by atoms with Crippen LogP contribution in [0.2, 0.25) is 0 Å². The molecule has 74 valence electrons. The Hall–Kier alpha value is -1.62. The Morgan fingerprint density at radius 1 is 1.57 bits per heavy atom. The SMILES string of the molecule is Cn1c(NCCN)nc2ncccc21. The molecule has 0 saturated carbocycles. The maximum atomic E-state index is 5.41. The van der Waals surface area contributed by atoms with Gasteiger partial charge in [0.1, 0.15) is 0 Å². The van der Waals surface area contributed by atoms with E-state index in [0.29, 0.717) is 6.54 Å². The number of hydrogen-bond donors (Lipinski definition) is 2. The quantitative estimate of drug-likeness (QED) is 0.734. The highest BCUT2D eigenvalue weighted by Crippen LogP contribution is 2.14. The number of fused-ring (bicyclic) bond motifs is 1. The molecular weight excluding hydrogens is 178 g/mol. The van der Waals surface area contributed by atoms with Gasteiger partial charge in [0.25, 0.3) is 0 Å². The smallest absolute Gasteiger partial charge is 0.205 e. The molecule has 0 spiro atoms. The standard InChI is InChI=1S/C9H13N5/c1-14-7-3-2-5-11-8(7)13-9(14)12-6-4-10/h2-3,5H,4,6,10H2,1H3,(H,11,12,13). The van der Waals surface area contributed by atoms with Gasteiger partial charge in [-0.2, -0.15) is 4.98 Å². The number of anilines is 1.